The van der Waals surface area contributed by atoms with Crippen molar-refractivity contribution in [2.75, 3.05) is 0 Å². The zero-order valence-electron chi connectivity index (χ0n) is 11.3. The van der Waals surface area contributed by atoms with Crippen LogP contribution in [-0.4, -0.2) is 4.92 Å². The van der Waals surface area contributed by atoms with Crippen LogP contribution in [0.3, 0.4) is 0 Å². The number of nitro benzene ring substituents is 1. The molecule has 1 aliphatic carbocycles. The normalized spacial score (nSPS) is 18.0. The number of hydrogen-bond donors (Lipinski definition) is 0. The van der Waals surface area contributed by atoms with E-state index in [0.717, 1.165) is 44.6 Å². The Bertz CT molecular complexity index is 543. The van der Waals surface area contributed by atoms with Crippen molar-refractivity contribution in [2.24, 2.45) is 5.41 Å². The van der Waals surface area contributed by atoms with Crippen molar-refractivity contribution in [1.82, 2.24) is 0 Å². The van der Waals surface area contributed by atoms with E-state index in [1.54, 1.807) is 0 Å². The number of nitro groups is 1. The molecular formula is C15H17FN2O2. The summed E-state index contributed by atoms with van der Waals surface area (Å²) >= 11 is 0. The molecule has 0 atom stereocenters. The molecule has 1 aromatic carbocycles. The Hall–Kier alpha value is -1.96. The summed E-state index contributed by atoms with van der Waals surface area (Å²) in [6.07, 6.45) is 6.18. The average molecular weight is 276 g/mol. The Labute approximate surface area is 117 Å². The van der Waals surface area contributed by atoms with E-state index < -0.39 is 16.2 Å². The maximum atomic E-state index is 13.5. The number of hydrogen-bond acceptors (Lipinski definition) is 3. The summed E-state index contributed by atoms with van der Waals surface area (Å²) in [4.78, 5) is 10.2. The molecule has 0 heterocycles. The number of non-ortho nitro benzene ring substituents is 1. The van der Waals surface area contributed by atoms with Crippen molar-refractivity contribution in [3.05, 3.63) is 39.7 Å². The zero-order valence-corrected chi connectivity index (χ0v) is 11.3. The first kappa shape index (κ1) is 14.4. The van der Waals surface area contributed by atoms with Crippen LogP contribution >= 0.6 is 0 Å². The lowest BCUT2D eigenvalue weighted by Gasteiger charge is -2.24. The van der Waals surface area contributed by atoms with Gasteiger partial charge in [0.1, 0.15) is 5.82 Å². The van der Waals surface area contributed by atoms with Crippen molar-refractivity contribution < 1.29 is 9.31 Å². The van der Waals surface area contributed by atoms with Crippen LogP contribution in [0.25, 0.3) is 0 Å². The molecule has 0 saturated heterocycles. The number of nitrogens with zero attached hydrogens (tertiary/aromatic N) is 2. The van der Waals surface area contributed by atoms with E-state index in [1.165, 1.54) is 12.1 Å². The Morgan fingerprint density at radius 1 is 1.25 bits per heavy atom. The maximum absolute atomic E-state index is 13.5. The minimum atomic E-state index is -0.615. The van der Waals surface area contributed by atoms with Crippen molar-refractivity contribution in [3.8, 4) is 6.07 Å². The quantitative estimate of drug-likeness (QED) is 0.473. The summed E-state index contributed by atoms with van der Waals surface area (Å²) in [7, 11) is 0. The van der Waals surface area contributed by atoms with E-state index in [1.807, 2.05) is 0 Å². The first-order chi connectivity index (χ1) is 9.54. The van der Waals surface area contributed by atoms with Gasteiger partial charge in [0.15, 0.2) is 0 Å². The molecule has 1 aromatic rings. The van der Waals surface area contributed by atoms with Crippen LogP contribution in [0.1, 0.15) is 44.1 Å². The first-order valence-electron chi connectivity index (χ1n) is 6.90. The number of halogens is 1. The van der Waals surface area contributed by atoms with Crippen molar-refractivity contribution in [2.45, 2.75) is 44.9 Å². The van der Waals surface area contributed by atoms with Crippen molar-refractivity contribution >= 4 is 5.69 Å². The molecule has 0 radical (unpaired) electrons. The maximum Gasteiger partial charge on any atom is 0.272 e. The smallest absolute Gasteiger partial charge is 0.258 e. The highest BCUT2D eigenvalue weighted by atomic mass is 19.1. The summed E-state index contributed by atoms with van der Waals surface area (Å²) in [5.74, 6) is -0.615. The highest BCUT2D eigenvalue weighted by Gasteiger charge is 2.31. The first-order valence-corrected chi connectivity index (χ1v) is 6.90. The third-order valence-corrected chi connectivity index (χ3v) is 3.99. The van der Waals surface area contributed by atoms with Crippen LogP contribution in [-0.2, 0) is 6.42 Å². The van der Waals surface area contributed by atoms with E-state index in [-0.39, 0.29) is 5.69 Å². The molecule has 0 aromatic heterocycles. The van der Waals surface area contributed by atoms with Crippen molar-refractivity contribution in [3.63, 3.8) is 0 Å². The third kappa shape index (κ3) is 3.32. The highest BCUT2D eigenvalue weighted by molar-refractivity contribution is 5.36. The van der Waals surface area contributed by atoms with Gasteiger partial charge in [0, 0.05) is 6.07 Å². The largest absolute Gasteiger partial charge is 0.272 e. The Morgan fingerprint density at radius 2 is 1.90 bits per heavy atom. The van der Waals surface area contributed by atoms with Gasteiger partial charge >= 0.3 is 0 Å². The molecule has 2 rings (SSSR count). The summed E-state index contributed by atoms with van der Waals surface area (Å²) in [5.41, 5.74) is -0.208. The van der Waals surface area contributed by atoms with Crippen LogP contribution in [0.2, 0.25) is 0 Å². The van der Waals surface area contributed by atoms with Gasteiger partial charge in [-0.1, -0.05) is 25.7 Å². The zero-order chi connectivity index (χ0) is 14.6. The highest BCUT2D eigenvalue weighted by Crippen LogP contribution is 2.38. The second kappa shape index (κ2) is 6.00. The van der Waals surface area contributed by atoms with Gasteiger partial charge in [-0.3, -0.25) is 10.1 Å². The average Bonchev–Trinajstić information content (AvgIpc) is 2.64. The molecule has 0 bridgehead atoms. The Morgan fingerprint density at radius 3 is 2.45 bits per heavy atom. The van der Waals surface area contributed by atoms with E-state index in [0.29, 0.717) is 12.0 Å². The summed E-state index contributed by atoms with van der Waals surface area (Å²) in [6, 6.07) is 5.98. The third-order valence-electron chi connectivity index (χ3n) is 3.99. The minimum Gasteiger partial charge on any atom is -0.258 e. The standard InChI is InChI=1S/C15H17FN2O2/c16-13-7-12(8-14(9-13)18(19)20)10-15(11-17)5-3-1-2-4-6-15/h7-9H,1-6,10H2. The number of benzene rings is 1. The molecule has 20 heavy (non-hydrogen) atoms. The fourth-order valence-electron chi connectivity index (χ4n) is 2.96. The van der Waals surface area contributed by atoms with Crippen LogP contribution in [0.4, 0.5) is 10.1 Å². The molecule has 0 spiro atoms. The second-order valence-electron chi connectivity index (χ2n) is 5.56. The van der Waals surface area contributed by atoms with E-state index in [4.69, 9.17) is 0 Å². The van der Waals surface area contributed by atoms with Gasteiger partial charge in [0.25, 0.3) is 5.69 Å². The lowest BCUT2D eigenvalue weighted by molar-refractivity contribution is -0.385. The SMILES string of the molecule is N#CC1(Cc2cc(F)cc([N+](=O)[O-])c2)CCCCCC1. The van der Waals surface area contributed by atoms with Gasteiger partial charge in [0.05, 0.1) is 22.5 Å². The van der Waals surface area contributed by atoms with Gasteiger partial charge in [-0.05, 0) is 30.9 Å². The molecule has 0 N–H and O–H groups in total. The molecule has 5 heteroatoms. The van der Waals surface area contributed by atoms with Gasteiger partial charge in [0.2, 0.25) is 0 Å². The van der Waals surface area contributed by atoms with Gasteiger partial charge in [-0.15, -0.1) is 0 Å². The van der Waals surface area contributed by atoms with Crippen LogP contribution in [0.15, 0.2) is 18.2 Å². The van der Waals surface area contributed by atoms with E-state index in [2.05, 4.69) is 6.07 Å². The summed E-state index contributed by atoms with van der Waals surface area (Å²) < 4.78 is 13.5. The lowest BCUT2D eigenvalue weighted by atomic mass is 9.76. The minimum absolute atomic E-state index is 0.248. The molecule has 1 aliphatic rings. The van der Waals surface area contributed by atoms with Crippen LogP contribution < -0.4 is 0 Å². The Balaban J connectivity index is 2.27. The fourth-order valence-corrected chi connectivity index (χ4v) is 2.96. The molecule has 106 valence electrons. The molecule has 1 saturated carbocycles. The summed E-state index contributed by atoms with van der Waals surface area (Å²) in [5, 5.41) is 20.3. The second-order valence-corrected chi connectivity index (χ2v) is 5.56. The van der Waals surface area contributed by atoms with Gasteiger partial charge in [-0.2, -0.15) is 5.26 Å². The van der Waals surface area contributed by atoms with Gasteiger partial charge < -0.3 is 0 Å². The predicted octanol–water partition coefficient (Wildman–Crippen LogP) is 4.14. The van der Waals surface area contributed by atoms with Crippen molar-refractivity contribution in [1.29, 1.82) is 5.26 Å². The van der Waals surface area contributed by atoms with Crippen LogP contribution in [0, 0.1) is 32.7 Å². The number of nitriles is 1. The molecular weight excluding hydrogens is 259 g/mol. The molecule has 1 fully saturated rings. The monoisotopic (exact) mass is 276 g/mol. The Kier molecular flexibility index (Phi) is 4.33. The molecule has 0 aliphatic heterocycles. The molecule has 4 nitrogen and oxygen atoms in total. The van der Waals surface area contributed by atoms with E-state index in [9.17, 15) is 19.8 Å². The lowest BCUT2D eigenvalue weighted by Crippen LogP contribution is -2.21. The predicted molar refractivity (Wildman–Crippen MR) is 72.5 cm³/mol. The topological polar surface area (TPSA) is 66.9 Å². The fraction of sp³-hybridized carbons (Fsp3) is 0.533. The van der Waals surface area contributed by atoms with Gasteiger partial charge in [-0.25, -0.2) is 4.39 Å². The number of rotatable bonds is 3. The molecule has 0 unspecified atom stereocenters. The molecule has 0 amide bonds. The van der Waals surface area contributed by atoms with E-state index >= 15 is 0 Å². The van der Waals surface area contributed by atoms with Crippen LogP contribution in [0.5, 0.6) is 0 Å². The summed E-state index contributed by atoms with van der Waals surface area (Å²) in [6.45, 7) is 0.